The van der Waals surface area contributed by atoms with Crippen LogP contribution in [0.4, 0.5) is 0 Å². The summed E-state index contributed by atoms with van der Waals surface area (Å²) in [4.78, 5) is 0. The topological polar surface area (TPSA) is 46.2 Å². The lowest BCUT2D eigenvalue weighted by Crippen LogP contribution is -2.55. The zero-order chi connectivity index (χ0) is 8.66. The van der Waals surface area contributed by atoms with Gasteiger partial charge >= 0.3 is 0 Å². The highest BCUT2D eigenvalue weighted by atomic mass is 16.3. The molecule has 0 atom stereocenters. The second kappa shape index (κ2) is 2.71. The van der Waals surface area contributed by atoms with Crippen molar-refractivity contribution in [1.29, 1.82) is 0 Å². The van der Waals surface area contributed by atoms with Gasteiger partial charge in [0.2, 0.25) is 0 Å². The molecule has 0 aromatic rings. The lowest BCUT2D eigenvalue weighted by Gasteiger charge is -2.50. The van der Waals surface area contributed by atoms with E-state index in [1.165, 1.54) is 19.3 Å². The maximum Gasteiger partial charge on any atom is 0.0715 e. The van der Waals surface area contributed by atoms with Crippen molar-refractivity contribution in [2.75, 3.05) is 6.54 Å². The zero-order valence-corrected chi connectivity index (χ0v) is 7.68. The van der Waals surface area contributed by atoms with Crippen molar-refractivity contribution in [3.05, 3.63) is 0 Å². The van der Waals surface area contributed by atoms with Crippen LogP contribution in [-0.2, 0) is 0 Å². The number of hydrogen-bond donors (Lipinski definition) is 2. The summed E-state index contributed by atoms with van der Waals surface area (Å²) in [6, 6.07) is 0. The van der Waals surface area contributed by atoms with Crippen molar-refractivity contribution in [1.82, 2.24) is 0 Å². The molecule has 0 radical (unpaired) electrons. The van der Waals surface area contributed by atoms with E-state index in [9.17, 15) is 5.11 Å². The summed E-state index contributed by atoms with van der Waals surface area (Å²) in [5.74, 6) is 0. The molecule has 70 valence electrons. The maximum absolute atomic E-state index is 10.3. The molecule has 2 heteroatoms. The number of hydrogen-bond acceptors (Lipinski definition) is 2. The van der Waals surface area contributed by atoms with Gasteiger partial charge < -0.3 is 10.8 Å². The Kier molecular flexibility index (Phi) is 1.92. The van der Waals surface area contributed by atoms with Crippen LogP contribution < -0.4 is 5.73 Å². The van der Waals surface area contributed by atoms with E-state index in [-0.39, 0.29) is 11.0 Å². The van der Waals surface area contributed by atoms with Gasteiger partial charge in [-0.1, -0.05) is 12.8 Å². The van der Waals surface area contributed by atoms with Crippen LogP contribution >= 0.6 is 0 Å². The van der Waals surface area contributed by atoms with Crippen molar-refractivity contribution in [3.63, 3.8) is 0 Å². The van der Waals surface area contributed by atoms with E-state index >= 15 is 0 Å². The summed E-state index contributed by atoms with van der Waals surface area (Å²) in [5.41, 5.74) is 5.53. The summed E-state index contributed by atoms with van der Waals surface area (Å²) >= 11 is 0. The van der Waals surface area contributed by atoms with Crippen LogP contribution in [0, 0.1) is 5.41 Å². The Hall–Kier alpha value is -0.0800. The highest BCUT2D eigenvalue weighted by Gasteiger charge is 2.53. The largest absolute Gasteiger partial charge is 0.389 e. The van der Waals surface area contributed by atoms with Gasteiger partial charge in [0.05, 0.1) is 5.60 Å². The van der Waals surface area contributed by atoms with Crippen LogP contribution in [0.3, 0.4) is 0 Å². The second-order valence-electron chi connectivity index (χ2n) is 4.58. The number of nitrogens with two attached hydrogens (primary N) is 1. The summed E-state index contributed by atoms with van der Waals surface area (Å²) in [6.07, 6.45) is 8.01. The predicted molar refractivity (Wildman–Crippen MR) is 48.8 cm³/mol. The molecule has 2 aliphatic rings. The van der Waals surface area contributed by atoms with Crippen molar-refractivity contribution >= 4 is 0 Å². The highest BCUT2D eigenvalue weighted by Crippen LogP contribution is 2.54. The van der Waals surface area contributed by atoms with E-state index in [2.05, 4.69) is 0 Å². The lowest BCUT2D eigenvalue weighted by molar-refractivity contribution is -0.134. The van der Waals surface area contributed by atoms with E-state index in [1.54, 1.807) is 0 Å². The minimum absolute atomic E-state index is 0.102. The first kappa shape index (κ1) is 8.52. The summed E-state index contributed by atoms with van der Waals surface area (Å²) in [5, 5.41) is 10.3. The zero-order valence-electron chi connectivity index (χ0n) is 7.68. The Morgan fingerprint density at radius 2 is 1.58 bits per heavy atom. The maximum atomic E-state index is 10.3. The Balaban J connectivity index is 2.15. The van der Waals surface area contributed by atoms with Gasteiger partial charge in [-0.15, -0.1) is 0 Å². The van der Waals surface area contributed by atoms with Gasteiger partial charge in [0, 0.05) is 12.0 Å². The van der Waals surface area contributed by atoms with Crippen LogP contribution in [0.15, 0.2) is 0 Å². The van der Waals surface area contributed by atoms with Gasteiger partial charge in [-0.25, -0.2) is 0 Å². The molecule has 0 aliphatic heterocycles. The van der Waals surface area contributed by atoms with Crippen molar-refractivity contribution in [2.45, 2.75) is 50.5 Å². The third-order valence-electron chi connectivity index (χ3n) is 4.12. The SMILES string of the molecule is NCC1(C2(O)CCC2)CCCC1. The third-order valence-corrected chi connectivity index (χ3v) is 4.12. The molecule has 0 saturated heterocycles. The number of aliphatic hydroxyl groups is 1. The molecule has 12 heavy (non-hydrogen) atoms. The van der Waals surface area contributed by atoms with Gasteiger partial charge in [0.1, 0.15) is 0 Å². The average molecular weight is 169 g/mol. The third kappa shape index (κ3) is 0.944. The summed E-state index contributed by atoms with van der Waals surface area (Å²) in [6.45, 7) is 0.684. The first-order valence-electron chi connectivity index (χ1n) is 5.15. The van der Waals surface area contributed by atoms with Crippen molar-refractivity contribution in [3.8, 4) is 0 Å². The van der Waals surface area contributed by atoms with Gasteiger partial charge in [0.25, 0.3) is 0 Å². The van der Waals surface area contributed by atoms with E-state index in [1.807, 2.05) is 0 Å². The van der Waals surface area contributed by atoms with Gasteiger partial charge in [-0.05, 0) is 32.1 Å². The molecule has 0 bridgehead atoms. The van der Waals surface area contributed by atoms with E-state index in [4.69, 9.17) is 5.73 Å². The molecule has 0 heterocycles. The molecular weight excluding hydrogens is 150 g/mol. The van der Waals surface area contributed by atoms with Crippen LogP contribution in [0.5, 0.6) is 0 Å². The van der Waals surface area contributed by atoms with E-state index < -0.39 is 0 Å². The summed E-state index contributed by atoms with van der Waals surface area (Å²) in [7, 11) is 0. The van der Waals surface area contributed by atoms with E-state index in [0.717, 1.165) is 25.7 Å². The normalized spacial score (nSPS) is 31.5. The second-order valence-corrected chi connectivity index (χ2v) is 4.58. The average Bonchev–Trinajstić information content (AvgIpc) is 2.49. The Morgan fingerprint density at radius 1 is 1.00 bits per heavy atom. The lowest BCUT2D eigenvalue weighted by atomic mass is 9.60. The smallest absolute Gasteiger partial charge is 0.0715 e. The molecule has 2 aliphatic carbocycles. The predicted octanol–water partition coefficient (Wildman–Crippen LogP) is 1.42. The Morgan fingerprint density at radius 3 is 1.92 bits per heavy atom. The molecule has 0 spiro atoms. The first-order valence-corrected chi connectivity index (χ1v) is 5.15. The van der Waals surface area contributed by atoms with Gasteiger partial charge in [0.15, 0.2) is 0 Å². The Bertz CT molecular complexity index is 169. The fourth-order valence-electron chi connectivity index (χ4n) is 2.95. The van der Waals surface area contributed by atoms with E-state index in [0.29, 0.717) is 6.54 Å². The fourth-order valence-corrected chi connectivity index (χ4v) is 2.95. The quantitative estimate of drug-likeness (QED) is 0.656. The standard InChI is InChI=1S/C10H19NO/c11-8-9(4-1-2-5-9)10(12)6-3-7-10/h12H,1-8,11H2. The van der Waals surface area contributed by atoms with Gasteiger partial charge in [-0.2, -0.15) is 0 Å². The number of rotatable bonds is 2. The fraction of sp³-hybridized carbons (Fsp3) is 1.00. The molecule has 0 unspecified atom stereocenters. The van der Waals surface area contributed by atoms with Crippen LogP contribution in [0.1, 0.15) is 44.9 Å². The van der Waals surface area contributed by atoms with Gasteiger partial charge in [-0.3, -0.25) is 0 Å². The minimum Gasteiger partial charge on any atom is -0.389 e. The molecule has 0 aromatic carbocycles. The van der Waals surface area contributed by atoms with Crippen molar-refractivity contribution in [2.24, 2.45) is 11.1 Å². The molecule has 2 rings (SSSR count). The molecule has 2 fully saturated rings. The van der Waals surface area contributed by atoms with Crippen molar-refractivity contribution < 1.29 is 5.11 Å². The van der Waals surface area contributed by atoms with Crippen LogP contribution in [0.25, 0.3) is 0 Å². The molecule has 2 saturated carbocycles. The molecule has 3 N–H and O–H groups in total. The first-order chi connectivity index (χ1) is 5.72. The molecule has 0 aromatic heterocycles. The van der Waals surface area contributed by atoms with Crippen LogP contribution in [-0.4, -0.2) is 17.3 Å². The highest BCUT2D eigenvalue weighted by molar-refractivity contribution is 5.06. The summed E-state index contributed by atoms with van der Waals surface area (Å²) < 4.78 is 0. The Labute approximate surface area is 74.1 Å². The minimum atomic E-state index is -0.377. The molecular formula is C10H19NO. The monoisotopic (exact) mass is 169 g/mol. The van der Waals surface area contributed by atoms with Crippen LogP contribution in [0.2, 0.25) is 0 Å². The molecule has 0 amide bonds. The molecule has 2 nitrogen and oxygen atoms in total.